The van der Waals surface area contributed by atoms with Crippen LogP contribution in [0, 0.1) is 23.6 Å². The van der Waals surface area contributed by atoms with Crippen LogP contribution in [-0.4, -0.2) is 18.1 Å². The van der Waals surface area contributed by atoms with Crippen LogP contribution in [0.3, 0.4) is 0 Å². The minimum atomic E-state index is -0.202. The zero-order chi connectivity index (χ0) is 17.1. The number of hydrogen-bond acceptors (Lipinski definition) is 1. The SMILES string of the molecule is O=C(NCC1(c2ccc(F)cc2)CC1)NC12CC3CC(CC(C3)C1)C2. The number of carbonyl (C=O) groups excluding carboxylic acids is 1. The van der Waals surface area contributed by atoms with Crippen molar-refractivity contribution in [3.05, 3.63) is 35.6 Å². The van der Waals surface area contributed by atoms with Crippen molar-refractivity contribution in [2.24, 2.45) is 17.8 Å². The lowest BCUT2D eigenvalue weighted by atomic mass is 9.53. The smallest absolute Gasteiger partial charge is 0.315 e. The third-order valence-corrected chi connectivity index (χ3v) is 7.31. The Morgan fingerprint density at radius 3 is 2.08 bits per heavy atom. The van der Waals surface area contributed by atoms with Gasteiger partial charge in [-0.3, -0.25) is 0 Å². The van der Waals surface area contributed by atoms with Crippen LogP contribution < -0.4 is 10.6 Å². The van der Waals surface area contributed by atoms with Gasteiger partial charge in [-0.2, -0.15) is 0 Å². The number of nitrogens with one attached hydrogen (secondary N) is 2. The Kier molecular flexibility index (Phi) is 3.42. The van der Waals surface area contributed by atoms with Crippen molar-refractivity contribution < 1.29 is 9.18 Å². The first-order chi connectivity index (χ1) is 12.0. The summed E-state index contributed by atoms with van der Waals surface area (Å²) in [5.74, 6) is 2.30. The van der Waals surface area contributed by atoms with E-state index in [-0.39, 0.29) is 22.8 Å². The van der Waals surface area contributed by atoms with Crippen LogP contribution in [0.2, 0.25) is 0 Å². The molecular weight excluding hydrogens is 315 g/mol. The van der Waals surface area contributed by atoms with E-state index >= 15 is 0 Å². The summed E-state index contributed by atoms with van der Waals surface area (Å²) in [7, 11) is 0. The first kappa shape index (κ1) is 15.7. The van der Waals surface area contributed by atoms with Crippen LogP contribution in [0.1, 0.15) is 56.9 Å². The van der Waals surface area contributed by atoms with E-state index in [0.717, 1.165) is 36.2 Å². The molecule has 4 bridgehead atoms. The Hall–Kier alpha value is -1.58. The molecule has 5 saturated carbocycles. The standard InChI is InChI=1S/C21H27FN2O/c22-18-3-1-17(2-4-18)20(5-6-20)13-23-19(25)24-21-10-14-7-15(11-21)9-16(8-14)12-21/h1-4,14-16H,5-13H2,(H2,23,24,25). The van der Waals surface area contributed by atoms with Crippen LogP contribution in [0.4, 0.5) is 9.18 Å². The fourth-order valence-electron chi connectivity index (χ4n) is 6.32. The molecule has 6 rings (SSSR count). The molecule has 134 valence electrons. The molecule has 1 aromatic carbocycles. The van der Waals surface area contributed by atoms with Crippen LogP contribution in [0.15, 0.2) is 24.3 Å². The third kappa shape index (κ3) is 2.84. The number of hydrogen-bond donors (Lipinski definition) is 2. The van der Waals surface area contributed by atoms with Crippen molar-refractivity contribution in [2.45, 2.75) is 62.3 Å². The maximum Gasteiger partial charge on any atom is 0.315 e. The zero-order valence-electron chi connectivity index (χ0n) is 14.7. The van der Waals surface area contributed by atoms with E-state index in [9.17, 15) is 9.18 Å². The highest BCUT2D eigenvalue weighted by Crippen LogP contribution is 2.55. The lowest BCUT2D eigenvalue weighted by Crippen LogP contribution is -2.61. The zero-order valence-corrected chi connectivity index (χ0v) is 14.7. The van der Waals surface area contributed by atoms with Gasteiger partial charge in [-0.05, 0) is 86.8 Å². The monoisotopic (exact) mass is 342 g/mol. The maximum atomic E-state index is 13.1. The van der Waals surface area contributed by atoms with Gasteiger partial charge in [0.1, 0.15) is 5.82 Å². The summed E-state index contributed by atoms with van der Waals surface area (Å²) >= 11 is 0. The number of benzene rings is 1. The van der Waals surface area contributed by atoms with E-state index in [1.54, 1.807) is 0 Å². The highest BCUT2D eigenvalue weighted by molar-refractivity contribution is 5.75. The molecule has 0 saturated heterocycles. The molecular formula is C21H27FN2O. The molecule has 0 aromatic heterocycles. The Morgan fingerprint density at radius 1 is 1.00 bits per heavy atom. The average molecular weight is 342 g/mol. The summed E-state index contributed by atoms with van der Waals surface area (Å²) < 4.78 is 13.1. The molecule has 2 amide bonds. The van der Waals surface area contributed by atoms with E-state index in [1.807, 2.05) is 12.1 Å². The van der Waals surface area contributed by atoms with Crippen LogP contribution >= 0.6 is 0 Å². The minimum Gasteiger partial charge on any atom is -0.337 e. The molecule has 0 atom stereocenters. The first-order valence-electron chi connectivity index (χ1n) is 9.86. The van der Waals surface area contributed by atoms with E-state index in [1.165, 1.54) is 50.7 Å². The predicted octanol–water partition coefficient (Wildman–Crippen LogP) is 4.13. The van der Waals surface area contributed by atoms with Gasteiger partial charge in [0.25, 0.3) is 0 Å². The van der Waals surface area contributed by atoms with E-state index in [2.05, 4.69) is 10.6 Å². The lowest BCUT2D eigenvalue weighted by Gasteiger charge is -2.56. The van der Waals surface area contributed by atoms with Gasteiger partial charge in [0.15, 0.2) is 0 Å². The highest BCUT2D eigenvalue weighted by atomic mass is 19.1. The van der Waals surface area contributed by atoms with Crippen LogP contribution in [0.25, 0.3) is 0 Å². The number of rotatable bonds is 4. The minimum absolute atomic E-state index is 0.00432. The van der Waals surface area contributed by atoms with Gasteiger partial charge in [0.2, 0.25) is 0 Å². The number of amides is 2. The molecule has 4 heteroatoms. The van der Waals surface area contributed by atoms with E-state index in [0.29, 0.717) is 6.54 Å². The van der Waals surface area contributed by atoms with Gasteiger partial charge < -0.3 is 10.6 Å². The van der Waals surface area contributed by atoms with Crippen molar-refractivity contribution >= 4 is 6.03 Å². The summed E-state index contributed by atoms with van der Waals surface area (Å²) in [4.78, 5) is 12.6. The molecule has 0 heterocycles. The number of urea groups is 1. The van der Waals surface area contributed by atoms with Crippen molar-refractivity contribution in [1.82, 2.24) is 10.6 Å². The van der Waals surface area contributed by atoms with Crippen molar-refractivity contribution in [3.63, 3.8) is 0 Å². The van der Waals surface area contributed by atoms with Gasteiger partial charge >= 0.3 is 6.03 Å². The Balaban J connectivity index is 1.21. The molecule has 1 aromatic rings. The molecule has 0 spiro atoms. The second-order valence-corrected chi connectivity index (χ2v) is 9.29. The van der Waals surface area contributed by atoms with E-state index < -0.39 is 0 Å². The second-order valence-electron chi connectivity index (χ2n) is 9.29. The van der Waals surface area contributed by atoms with Crippen molar-refractivity contribution in [3.8, 4) is 0 Å². The molecule has 0 aliphatic heterocycles. The average Bonchev–Trinajstić information content (AvgIpc) is 3.33. The Morgan fingerprint density at radius 2 is 1.56 bits per heavy atom. The van der Waals surface area contributed by atoms with E-state index in [4.69, 9.17) is 0 Å². The normalized spacial score (nSPS) is 36.9. The molecule has 0 unspecified atom stereocenters. The molecule has 5 fully saturated rings. The van der Waals surface area contributed by atoms with Gasteiger partial charge in [-0.15, -0.1) is 0 Å². The van der Waals surface area contributed by atoms with Crippen LogP contribution in [0.5, 0.6) is 0 Å². The van der Waals surface area contributed by atoms with Gasteiger partial charge in [0.05, 0.1) is 0 Å². The van der Waals surface area contributed by atoms with Gasteiger partial charge in [-0.1, -0.05) is 12.1 Å². The largest absolute Gasteiger partial charge is 0.337 e. The summed E-state index contributed by atoms with van der Waals surface area (Å²) in [6.07, 6.45) is 9.82. The topological polar surface area (TPSA) is 41.1 Å². The molecule has 5 aliphatic carbocycles. The summed E-state index contributed by atoms with van der Waals surface area (Å²) in [5, 5.41) is 6.51. The molecule has 5 aliphatic rings. The Labute approximate surface area is 148 Å². The maximum absolute atomic E-state index is 13.1. The summed E-state index contributed by atoms with van der Waals surface area (Å²) in [5.41, 5.74) is 1.22. The lowest BCUT2D eigenvalue weighted by molar-refractivity contribution is -0.0135. The fraction of sp³-hybridized carbons (Fsp3) is 0.667. The summed E-state index contributed by atoms with van der Waals surface area (Å²) in [6, 6.07) is 6.76. The number of carbonyl (C=O) groups is 1. The Bertz CT molecular complexity index is 644. The highest BCUT2D eigenvalue weighted by Gasteiger charge is 2.52. The third-order valence-electron chi connectivity index (χ3n) is 7.31. The van der Waals surface area contributed by atoms with Gasteiger partial charge in [0, 0.05) is 17.5 Å². The molecule has 0 radical (unpaired) electrons. The number of halogens is 1. The molecule has 3 nitrogen and oxygen atoms in total. The van der Waals surface area contributed by atoms with Crippen molar-refractivity contribution in [2.75, 3.05) is 6.54 Å². The summed E-state index contributed by atoms with van der Waals surface area (Å²) in [6.45, 7) is 0.650. The van der Waals surface area contributed by atoms with Gasteiger partial charge in [-0.25, -0.2) is 9.18 Å². The van der Waals surface area contributed by atoms with Crippen molar-refractivity contribution in [1.29, 1.82) is 0 Å². The van der Waals surface area contributed by atoms with Crippen LogP contribution in [-0.2, 0) is 5.41 Å². The fourth-order valence-corrected chi connectivity index (χ4v) is 6.32. The molecule has 25 heavy (non-hydrogen) atoms. The quantitative estimate of drug-likeness (QED) is 0.849. The molecule has 2 N–H and O–H groups in total. The second kappa shape index (κ2) is 5.46. The first-order valence-corrected chi connectivity index (χ1v) is 9.86. The predicted molar refractivity (Wildman–Crippen MR) is 94.7 cm³/mol.